The molecule has 0 aliphatic heterocycles. The SMILES string of the molecule is CN=C(NCc1cccc(F)c1)NCc1nc(C)no1.I. The molecule has 1 aromatic heterocycles. The van der Waals surface area contributed by atoms with Crippen molar-refractivity contribution in [1.82, 2.24) is 20.8 Å². The van der Waals surface area contributed by atoms with Crippen LogP contribution in [0.4, 0.5) is 4.39 Å². The van der Waals surface area contributed by atoms with Crippen LogP contribution in [0.1, 0.15) is 17.3 Å². The molecular weight excluding hydrogens is 388 g/mol. The third-order valence-electron chi connectivity index (χ3n) is 2.55. The molecule has 0 radical (unpaired) electrons. The highest BCUT2D eigenvalue weighted by molar-refractivity contribution is 14.0. The van der Waals surface area contributed by atoms with Gasteiger partial charge in [0.1, 0.15) is 5.82 Å². The van der Waals surface area contributed by atoms with Crippen LogP contribution < -0.4 is 10.6 Å². The van der Waals surface area contributed by atoms with Crippen molar-refractivity contribution in [2.24, 2.45) is 4.99 Å². The van der Waals surface area contributed by atoms with Gasteiger partial charge in [0.2, 0.25) is 5.89 Å². The molecular formula is C13H17FIN5O. The van der Waals surface area contributed by atoms with Crippen LogP contribution in [0.15, 0.2) is 33.8 Å². The molecule has 1 heterocycles. The Morgan fingerprint density at radius 3 is 2.71 bits per heavy atom. The normalized spacial score (nSPS) is 10.9. The predicted octanol–water partition coefficient (Wildman–Crippen LogP) is 2.00. The Morgan fingerprint density at radius 1 is 1.33 bits per heavy atom. The zero-order chi connectivity index (χ0) is 14.4. The average Bonchev–Trinajstić information content (AvgIpc) is 2.85. The number of hydrogen-bond acceptors (Lipinski definition) is 4. The van der Waals surface area contributed by atoms with Crippen LogP contribution in [-0.4, -0.2) is 23.1 Å². The molecule has 0 aliphatic rings. The molecule has 21 heavy (non-hydrogen) atoms. The van der Waals surface area contributed by atoms with Gasteiger partial charge in [0.25, 0.3) is 0 Å². The zero-order valence-corrected chi connectivity index (χ0v) is 14.1. The van der Waals surface area contributed by atoms with Crippen LogP contribution in [0.3, 0.4) is 0 Å². The quantitative estimate of drug-likeness (QED) is 0.463. The molecule has 2 aromatic rings. The first-order chi connectivity index (χ1) is 9.67. The van der Waals surface area contributed by atoms with Crippen molar-refractivity contribution in [2.45, 2.75) is 20.0 Å². The Labute approximate surface area is 139 Å². The van der Waals surface area contributed by atoms with Crippen molar-refractivity contribution in [3.05, 3.63) is 47.4 Å². The summed E-state index contributed by atoms with van der Waals surface area (Å²) in [5.41, 5.74) is 0.835. The van der Waals surface area contributed by atoms with E-state index in [0.717, 1.165) is 5.56 Å². The van der Waals surface area contributed by atoms with E-state index in [1.165, 1.54) is 12.1 Å². The first-order valence-corrected chi connectivity index (χ1v) is 6.15. The van der Waals surface area contributed by atoms with Gasteiger partial charge in [-0.15, -0.1) is 24.0 Å². The minimum absolute atomic E-state index is 0. The molecule has 0 amide bonds. The first-order valence-electron chi connectivity index (χ1n) is 6.15. The maximum atomic E-state index is 13.0. The summed E-state index contributed by atoms with van der Waals surface area (Å²) in [7, 11) is 1.65. The summed E-state index contributed by atoms with van der Waals surface area (Å²) in [6, 6.07) is 6.39. The largest absolute Gasteiger partial charge is 0.352 e. The van der Waals surface area contributed by atoms with E-state index < -0.39 is 0 Å². The third kappa shape index (κ3) is 5.66. The lowest BCUT2D eigenvalue weighted by Crippen LogP contribution is -2.36. The summed E-state index contributed by atoms with van der Waals surface area (Å²) in [4.78, 5) is 8.13. The summed E-state index contributed by atoms with van der Waals surface area (Å²) in [6.45, 7) is 2.61. The number of halogens is 2. The summed E-state index contributed by atoms with van der Waals surface area (Å²) >= 11 is 0. The van der Waals surface area contributed by atoms with E-state index in [-0.39, 0.29) is 29.8 Å². The number of rotatable bonds is 4. The number of guanidine groups is 1. The Kier molecular flexibility index (Phi) is 7.06. The Morgan fingerprint density at radius 2 is 2.10 bits per heavy atom. The van der Waals surface area contributed by atoms with Crippen LogP contribution in [0.25, 0.3) is 0 Å². The van der Waals surface area contributed by atoms with Gasteiger partial charge in [0.05, 0.1) is 6.54 Å². The fourth-order valence-electron chi connectivity index (χ4n) is 1.62. The van der Waals surface area contributed by atoms with Crippen molar-refractivity contribution in [3.8, 4) is 0 Å². The molecule has 2 N–H and O–H groups in total. The second-order valence-electron chi connectivity index (χ2n) is 4.14. The second kappa shape index (κ2) is 8.55. The van der Waals surface area contributed by atoms with Crippen molar-refractivity contribution < 1.29 is 8.91 Å². The average molecular weight is 405 g/mol. The van der Waals surface area contributed by atoms with Gasteiger partial charge in [0, 0.05) is 13.6 Å². The number of benzene rings is 1. The van der Waals surface area contributed by atoms with Crippen LogP contribution in [-0.2, 0) is 13.1 Å². The van der Waals surface area contributed by atoms with Crippen molar-refractivity contribution in [1.29, 1.82) is 0 Å². The molecule has 114 valence electrons. The summed E-state index contributed by atoms with van der Waals surface area (Å²) < 4.78 is 18.0. The van der Waals surface area contributed by atoms with Crippen LogP contribution in [0.2, 0.25) is 0 Å². The van der Waals surface area contributed by atoms with E-state index in [0.29, 0.717) is 30.8 Å². The van der Waals surface area contributed by atoms with E-state index in [9.17, 15) is 4.39 Å². The molecule has 2 rings (SSSR count). The molecule has 0 saturated carbocycles. The number of aromatic nitrogens is 2. The lowest BCUT2D eigenvalue weighted by atomic mass is 10.2. The van der Waals surface area contributed by atoms with Gasteiger partial charge in [-0.3, -0.25) is 4.99 Å². The van der Waals surface area contributed by atoms with Gasteiger partial charge < -0.3 is 15.2 Å². The van der Waals surface area contributed by atoms with E-state index in [4.69, 9.17) is 4.52 Å². The molecule has 6 nitrogen and oxygen atoms in total. The fraction of sp³-hybridized carbons (Fsp3) is 0.308. The molecule has 8 heteroatoms. The predicted molar refractivity (Wildman–Crippen MR) is 87.9 cm³/mol. The minimum Gasteiger partial charge on any atom is -0.352 e. The molecule has 0 unspecified atom stereocenters. The molecule has 0 bridgehead atoms. The molecule has 0 saturated heterocycles. The monoisotopic (exact) mass is 405 g/mol. The van der Waals surface area contributed by atoms with Crippen molar-refractivity contribution in [3.63, 3.8) is 0 Å². The van der Waals surface area contributed by atoms with Gasteiger partial charge in [0.15, 0.2) is 11.8 Å². The van der Waals surface area contributed by atoms with Crippen molar-refractivity contribution in [2.75, 3.05) is 7.05 Å². The minimum atomic E-state index is -0.256. The van der Waals surface area contributed by atoms with Crippen LogP contribution in [0.5, 0.6) is 0 Å². The molecule has 0 fully saturated rings. The zero-order valence-electron chi connectivity index (χ0n) is 11.8. The molecule has 1 aromatic carbocycles. The maximum absolute atomic E-state index is 13.0. The standard InChI is InChI=1S/C13H16FN5O.HI/c1-9-18-12(20-19-9)8-17-13(15-2)16-7-10-4-3-5-11(14)6-10;/h3-6H,7-8H2,1-2H3,(H2,15,16,17);1H. The number of nitrogens with one attached hydrogen (secondary N) is 2. The van der Waals surface area contributed by atoms with E-state index in [1.54, 1.807) is 20.0 Å². The third-order valence-corrected chi connectivity index (χ3v) is 2.55. The van der Waals surface area contributed by atoms with Crippen LogP contribution >= 0.6 is 24.0 Å². The highest BCUT2D eigenvalue weighted by atomic mass is 127. The Hall–Kier alpha value is -1.71. The Bertz CT molecular complexity index is 602. The number of nitrogens with zero attached hydrogens (tertiary/aromatic N) is 3. The summed E-state index contributed by atoms with van der Waals surface area (Å²) in [6.07, 6.45) is 0. The highest BCUT2D eigenvalue weighted by Gasteiger charge is 2.04. The van der Waals surface area contributed by atoms with E-state index >= 15 is 0 Å². The van der Waals surface area contributed by atoms with Gasteiger partial charge in [-0.1, -0.05) is 17.3 Å². The van der Waals surface area contributed by atoms with Crippen LogP contribution in [0, 0.1) is 12.7 Å². The Balaban J connectivity index is 0.00000220. The summed E-state index contributed by atoms with van der Waals surface area (Å²) in [5, 5.41) is 9.80. The van der Waals surface area contributed by atoms with Gasteiger partial charge in [-0.25, -0.2) is 4.39 Å². The first kappa shape index (κ1) is 17.3. The number of aryl methyl sites for hydroxylation is 1. The molecule has 0 aliphatic carbocycles. The number of aliphatic imine (C=N–C) groups is 1. The topological polar surface area (TPSA) is 75.3 Å². The number of hydrogen-bond donors (Lipinski definition) is 2. The smallest absolute Gasteiger partial charge is 0.246 e. The van der Waals surface area contributed by atoms with Gasteiger partial charge >= 0.3 is 0 Å². The summed E-state index contributed by atoms with van der Waals surface area (Å²) in [5.74, 6) is 1.39. The second-order valence-corrected chi connectivity index (χ2v) is 4.14. The van der Waals surface area contributed by atoms with Crippen molar-refractivity contribution >= 4 is 29.9 Å². The lowest BCUT2D eigenvalue weighted by molar-refractivity contribution is 0.371. The maximum Gasteiger partial charge on any atom is 0.246 e. The highest BCUT2D eigenvalue weighted by Crippen LogP contribution is 2.02. The van der Waals surface area contributed by atoms with E-state index in [2.05, 4.69) is 25.8 Å². The van der Waals surface area contributed by atoms with Gasteiger partial charge in [-0.2, -0.15) is 4.98 Å². The molecule has 0 atom stereocenters. The van der Waals surface area contributed by atoms with E-state index in [1.807, 2.05) is 6.07 Å². The molecule has 0 spiro atoms. The van der Waals surface area contributed by atoms with Gasteiger partial charge in [-0.05, 0) is 24.6 Å². The lowest BCUT2D eigenvalue weighted by Gasteiger charge is -2.10. The fourth-order valence-corrected chi connectivity index (χ4v) is 1.62.